The fourth-order valence-corrected chi connectivity index (χ4v) is 2.69. The zero-order valence-electron chi connectivity index (χ0n) is 8.85. The van der Waals surface area contributed by atoms with Crippen LogP contribution >= 0.6 is 11.6 Å². The van der Waals surface area contributed by atoms with Gasteiger partial charge in [0.2, 0.25) is 10.0 Å². The van der Waals surface area contributed by atoms with Crippen molar-refractivity contribution in [1.82, 2.24) is 9.71 Å². The van der Waals surface area contributed by atoms with Crippen molar-refractivity contribution in [2.75, 3.05) is 0 Å². The number of sulfonamides is 1. The van der Waals surface area contributed by atoms with Gasteiger partial charge in [0.15, 0.2) is 0 Å². The van der Waals surface area contributed by atoms with E-state index in [1.54, 1.807) is 13.0 Å². The van der Waals surface area contributed by atoms with E-state index in [2.05, 4.69) is 16.3 Å². The van der Waals surface area contributed by atoms with Crippen LogP contribution in [0.4, 0.5) is 0 Å². The summed E-state index contributed by atoms with van der Waals surface area (Å²) in [5, 5.41) is 0.152. The van der Waals surface area contributed by atoms with Crippen LogP contribution in [0.2, 0.25) is 5.15 Å². The highest BCUT2D eigenvalue weighted by molar-refractivity contribution is 7.89. The van der Waals surface area contributed by atoms with Crippen molar-refractivity contribution in [2.24, 2.45) is 0 Å². The van der Waals surface area contributed by atoms with Gasteiger partial charge in [0, 0.05) is 12.2 Å². The Morgan fingerprint density at radius 2 is 2.38 bits per heavy atom. The highest BCUT2D eigenvalue weighted by Crippen LogP contribution is 2.13. The highest BCUT2D eigenvalue weighted by Gasteiger charge is 2.16. The van der Waals surface area contributed by atoms with Gasteiger partial charge >= 0.3 is 0 Å². The maximum atomic E-state index is 11.8. The van der Waals surface area contributed by atoms with E-state index >= 15 is 0 Å². The minimum atomic E-state index is -3.53. The van der Waals surface area contributed by atoms with Gasteiger partial charge in [-0.1, -0.05) is 17.7 Å². The second-order valence-electron chi connectivity index (χ2n) is 3.36. The molecule has 1 rings (SSSR count). The van der Waals surface area contributed by atoms with Crippen molar-refractivity contribution >= 4 is 21.6 Å². The number of halogens is 1. The van der Waals surface area contributed by atoms with Gasteiger partial charge in [-0.3, -0.25) is 0 Å². The predicted octanol–water partition coefficient (Wildman–Crippen LogP) is 1.98. The molecule has 1 atom stereocenters. The monoisotopic (exact) mass is 260 g/mol. The predicted molar refractivity (Wildman–Crippen MR) is 63.8 cm³/mol. The Morgan fingerprint density at radius 1 is 1.69 bits per heavy atom. The molecule has 0 saturated heterocycles. The molecule has 0 bridgehead atoms. The maximum absolute atomic E-state index is 11.8. The lowest BCUT2D eigenvalue weighted by atomic mass is 10.3. The van der Waals surface area contributed by atoms with Gasteiger partial charge in [-0.05, 0) is 25.5 Å². The Hall–Kier alpha value is -0.910. The van der Waals surface area contributed by atoms with Gasteiger partial charge < -0.3 is 0 Å². The molecule has 0 spiro atoms. The molecule has 0 aliphatic carbocycles. The summed E-state index contributed by atoms with van der Waals surface area (Å²) < 4.78 is 26.2. The second-order valence-corrected chi connectivity index (χ2v) is 5.46. The molecule has 0 fully saturated rings. The van der Waals surface area contributed by atoms with Gasteiger partial charge in [0.25, 0.3) is 0 Å². The minimum Gasteiger partial charge on any atom is -0.244 e. The zero-order chi connectivity index (χ0) is 12.2. The molecule has 1 heterocycles. The smallest absolute Gasteiger partial charge is 0.240 e. The van der Waals surface area contributed by atoms with Gasteiger partial charge in [0.05, 0.1) is 4.90 Å². The summed E-state index contributed by atoms with van der Waals surface area (Å²) in [7, 11) is -3.53. The molecule has 1 unspecified atom stereocenters. The molecule has 4 nitrogen and oxygen atoms in total. The van der Waals surface area contributed by atoms with Crippen LogP contribution in [0.1, 0.15) is 13.3 Å². The van der Waals surface area contributed by atoms with Gasteiger partial charge in [0.1, 0.15) is 5.15 Å². The number of rotatable bonds is 5. The standard InChI is InChI=1S/C10H13ClN2O2S/c1-3-4-8(2)13-16(14,15)9-5-6-12-10(11)7-9/h3,5-8,13H,1,4H2,2H3. The van der Waals surface area contributed by atoms with Gasteiger partial charge in [-0.15, -0.1) is 6.58 Å². The first-order valence-electron chi connectivity index (χ1n) is 4.70. The highest BCUT2D eigenvalue weighted by atomic mass is 35.5. The molecule has 0 saturated carbocycles. The van der Waals surface area contributed by atoms with Crippen molar-refractivity contribution in [3.05, 3.63) is 36.1 Å². The maximum Gasteiger partial charge on any atom is 0.240 e. The summed E-state index contributed by atoms with van der Waals surface area (Å²) in [6.07, 6.45) is 3.58. The van der Waals surface area contributed by atoms with E-state index in [4.69, 9.17) is 11.6 Å². The Morgan fingerprint density at radius 3 is 2.94 bits per heavy atom. The fourth-order valence-electron chi connectivity index (χ4n) is 1.18. The van der Waals surface area contributed by atoms with Crippen molar-refractivity contribution in [1.29, 1.82) is 0 Å². The Labute approximate surface area is 100 Å². The average molecular weight is 261 g/mol. The van der Waals surface area contributed by atoms with Crippen LogP contribution in [0, 0.1) is 0 Å². The first-order valence-corrected chi connectivity index (χ1v) is 6.56. The van der Waals surface area contributed by atoms with E-state index < -0.39 is 10.0 Å². The summed E-state index contributed by atoms with van der Waals surface area (Å²) in [5.41, 5.74) is 0. The quantitative estimate of drug-likeness (QED) is 0.651. The molecule has 88 valence electrons. The van der Waals surface area contributed by atoms with Crippen molar-refractivity contribution in [3.8, 4) is 0 Å². The molecule has 0 radical (unpaired) electrons. The fraction of sp³-hybridized carbons (Fsp3) is 0.300. The van der Waals surface area contributed by atoms with Crippen LogP contribution in [-0.2, 0) is 10.0 Å². The summed E-state index contributed by atoms with van der Waals surface area (Å²) >= 11 is 5.63. The topological polar surface area (TPSA) is 59.1 Å². The lowest BCUT2D eigenvalue weighted by molar-refractivity contribution is 0.562. The third-order valence-electron chi connectivity index (χ3n) is 1.88. The van der Waals surface area contributed by atoms with Crippen molar-refractivity contribution < 1.29 is 8.42 Å². The molecule has 16 heavy (non-hydrogen) atoms. The second kappa shape index (κ2) is 5.43. The van der Waals surface area contributed by atoms with Crippen LogP contribution in [0.5, 0.6) is 0 Å². The number of nitrogens with one attached hydrogen (secondary N) is 1. The number of aromatic nitrogens is 1. The molecule has 1 aromatic heterocycles. The van der Waals surface area contributed by atoms with Crippen molar-refractivity contribution in [3.63, 3.8) is 0 Å². The number of pyridine rings is 1. The molecular weight excluding hydrogens is 248 g/mol. The number of hydrogen-bond acceptors (Lipinski definition) is 3. The Balaban J connectivity index is 2.90. The normalized spacial score (nSPS) is 13.4. The van der Waals surface area contributed by atoms with E-state index in [-0.39, 0.29) is 16.1 Å². The molecule has 1 aromatic rings. The van der Waals surface area contributed by atoms with Crippen LogP contribution < -0.4 is 4.72 Å². The van der Waals surface area contributed by atoms with Crippen LogP contribution in [0.15, 0.2) is 35.9 Å². The third-order valence-corrected chi connectivity index (χ3v) is 3.68. The van der Waals surface area contributed by atoms with E-state index in [0.29, 0.717) is 6.42 Å². The van der Waals surface area contributed by atoms with Crippen LogP contribution in [0.3, 0.4) is 0 Å². The summed E-state index contributed by atoms with van der Waals surface area (Å²) in [6.45, 7) is 5.32. The van der Waals surface area contributed by atoms with Crippen molar-refractivity contribution in [2.45, 2.75) is 24.3 Å². The zero-order valence-corrected chi connectivity index (χ0v) is 10.4. The number of hydrogen-bond donors (Lipinski definition) is 1. The molecule has 0 aliphatic rings. The van der Waals surface area contributed by atoms with E-state index in [0.717, 1.165) is 0 Å². The minimum absolute atomic E-state index is 0.114. The summed E-state index contributed by atoms with van der Waals surface area (Å²) in [5.74, 6) is 0. The van der Waals surface area contributed by atoms with Gasteiger partial charge in [-0.2, -0.15) is 0 Å². The van der Waals surface area contributed by atoms with E-state index in [9.17, 15) is 8.42 Å². The lowest BCUT2D eigenvalue weighted by Crippen LogP contribution is -2.32. The van der Waals surface area contributed by atoms with Crippen LogP contribution in [-0.4, -0.2) is 19.4 Å². The molecule has 0 amide bonds. The number of nitrogens with zero attached hydrogens (tertiary/aromatic N) is 1. The molecule has 0 aromatic carbocycles. The molecular formula is C10H13ClN2O2S. The molecule has 1 N–H and O–H groups in total. The van der Waals surface area contributed by atoms with Crippen LogP contribution in [0.25, 0.3) is 0 Å². The average Bonchev–Trinajstić information content (AvgIpc) is 2.17. The lowest BCUT2D eigenvalue weighted by Gasteiger charge is -2.12. The first kappa shape index (κ1) is 13.2. The Kier molecular flexibility index (Phi) is 4.46. The summed E-state index contributed by atoms with van der Waals surface area (Å²) in [4.78, 5) is 3.84. The largest absolute Gasteiger partial charge is 0.244 e. The molecule has 6 heteroatoms. The van der Waals surface area contributed by atoms with Gasteiger partial charge in [-0.25, -0.2) is 18.1 Å². The third kappa shape index (κ3) is 3.59. The first-order chi connectivity index (χ1) is 7.45. The SMILES string of the molecule is C=CCC(C)NS(=O)(=O)c1ccnc(Cl)c1. The Bertz CT molecular complexity index is 473. The van der Waals surface area contributed by atoms with E-state index in [1.807, 2.05) is 0 Å². The summed E-state index contributed by atoms with van der Waals surface area (Å²) in [6, 6.07) is 2.51. The molecule has 0 aliphatic heterocycles. The van der Waals surface area contributed by atoms with E-state index in [1.165, 1.54) is 18.3 Å².